The smallest absolute Gasteiger partial charge is 0.139 e. The summed E-state index contributed by atoms with van der Waals surface area (Å²) in [5, 5.41) is 20.2. The number of carbonyl (C=O) groups excluding carboxylic acids is 1. The Bertz CT molecular complexity index is 484. The van der Waals surface area contributed by atoms with E-state index >= 15 is 0 Å². The second kappa shape index (κ2) is 6.90. The molecule has 138 valence electrons. The van der Waals surface area contributed by atoms with Crippen LogP contribution in [0.2, 0.25) is 0 Å². The molecule has 0 saturated heterocycles. The van der Waals surface area contributed by atoms with Gasteiger partial charge in [-0.2, -0.15) is 0 Å². The van der Waals surface area contributed by atoms with Crippen molar-refractivity contribution < 1.29 is 19.2 Å². The van der Waals surface area contributed by atoms with Gasteiger partial charge in [0.15, 0.2) is 0 Å². The lowest BCUT2D eigenvalue weighted by Gasteiger charge is -2.55. The predicted molar refractivity (Wildman–Crippen MR) is 95.5 cm³/mol. The highest BCUT2D eigenvalue weighted by atomic mass is 32.1. The lowest BCUT2D eigenvalue weighted by atomic mass is 9.49. The fourth-order valence-electron chi connectivity index (χ4n) is 6.38. The molecule has 0 unspecified atom stereocenters. The maximum atomic E-state index is 12.4. The van der Waals surface area contributed by atoms with Crippen molar-refractivity contribution in [2.75, 3.05) is 13.2 Å². The summed E-state index contributed by atoms with van der Waals surface area (Å²) >= 11 is 3.97. The monoisotopic (exact) mass is 356 g/mol. The van der Waals surface area contributed by atoms with Crippen LogP contribution < -0.4 is 0 Å². The third kappa shape index (κ3) is 2.76. The molecule has 3 aliphatic carbocycles. The highest BCUT2D eigenvalue weighted by molar-refractivity contribution is 7.75. The molecular formula is C19H32O4S. The minimum absolute atomic E-state index is 0.00206. The molecule has 0 aromatic carbocycles. The maximum absolute atomic E-state index is 12.4. The number of aliphatic hydroxyl groups is 2. The Morgan fingerprint density at radius 1 is 1.12 bits per heavy atom. The van der Waals surface area contributed by atoms with Gasteiger partial charge in [0.2, 0.25) is 0 Å². The number of hydrogen-bond acceptors (Lipinski definition) is 5. The number of fused-ring (bicyclic) bond motifs is 1. The van der Waals surface area contributed by atoms with E-state index in [1.165, 1.54) is 0 Å². The van der Waals surface area contributed by atoms with E-state index < -0.39 is 0 Å². The lowest BCUT2D eigenvalue weighted by molar-refractivity contribution is -0.137. The van der Waals surface area contributed by atoms with E-state index in [0.29, 0.717) is 24.0 Å². The second-order valence-electron chi connectivity index (χ2n) is 8.86. The van der Waals surface area contributed by atoms with Crippen LogP contribution in [0, 0.1) is 34.5 Å². The first-order valence-electron chi connectivity index (χ1n) is 9.46. The molecule has 0 spiro atoms. The zero-order valence-electron chi connectivity index (χ0n) is 14.9. The maximum Gasteiger partial charge on any atom is 0.139 e. The fourth-order valence-corrected chi connectivity index (χ4v) is 6.57. The van der Waals surface area contributed by atoms with Gasteiger partial charge < -0.3 is 14.4 Å². The highest BCUT2D eigenvalue weighted by Gasteiger charge is 2.58. The Kier molecular flexibility index (Phi) is 5.37. The SMILES string of the molecule is C[C@]1([C@H]2CC[C@]3(C)C(=O)CC[C@H]3[C@@H]2CO)CC[C@H](OS)C[C@@H]1CO. The first kappa shape index (κ1) is 18.7. The number of Topliss-reactive ketones (excluding diaryl/α,β-unsaturated/α-hetero) is 1. The number of carbonyl (C=O) groups is 1. The molecule has 3 fully saturated rings. The number of aliphatic hydroxyl groups excluding tert-OH is 2. The molecule has 0 aliphatic heterocycles. The van der Waals surface area contributed by atoms with Crippen LogP contribution in [0.25, 0.3) is 0 Å². The fraction of sp³-hybridized carbons (Fsp3) is 0.947. The van der Waals surface area contributed by atoms with Crippen LogP contribution in [0.1, 0.15) is 58.8 Å². The van der Waals surface area contributed by atoms with Crippen molar-refractivity contribution in [1.29, 1.82) is 0 Å². The topological polar surface area (TPSA) is 66.8 Å². The Balaban J connectivity index is 1.86. The van der Waals surface area contributed by atoms with Gasteiger partial charge in [0, 0.05) is 25.0 Å². The quantitative estimate of drug-likeness (QED) is 0.535. The molecule has 0 aromatic heterocycles. The van der Waals surface area contributed by atoms with Crippen molar-refractivity contribution in [1.82, 2.24) is 0 Å². The summed E-state index contributed by atoms with van der Waals surface area (Å²) in [6.07, 6.45) is 6.36. The summed E-state index contributed by atoms with van der Waals surface area (Å²) in [6, 6.07) is 0. The third-order valence-corrected chi connectivity index (χ3v) is 8.36. The average Bonchev–Trinajstić information content (AvgIpc) is 2.89. The second-order valence-corrected chi connectivity index (χ2v) is 9.08. The van der Waals surface area contributed by atoms with E-state index in [2.05, 4.69) is 26.8 Å². The van der Waals surface area contributed by atoms with Crippen LogP contribution in [0.15, 0.2) is 0 Å². The lowest BCUT2D eigenvalue weighted by Crippen LogP contribution is -2.52. The van der Waals surface area contributed by atoms with Crippen molar-refractivity contribution in [3.63, 3.8) is 0 Å². The first-order valence-corrected chi connectivity index (χ1v) is 9.82. The van der Waals surface area contributed by atoms with Gasteiger partial charge >= 0.3 is 0 Å². The summed E-state index contributed by atoms with van der Waals surface area (Å²) in [5.41, 5.74) is -0.238. The first-order chi connectivity index (χ1) is 11.4. The van der Waals surface area contributed by atoms with E-state index in [-0.39, 0.29) is 42.0 Å². The van der Waals surface area contributed by atoms with E-state index in [9.17, 15) is 15.0 Å². The largest absolute Gasteiger partial charge is 0.396 e. The normalized spacial score (nSPS) is 49.2. The molecule has 0 radical (unpaired) electrons. The van der Waals surface area contributed by atoms with Crippen LogP contribution >= 0.6 is 12.9 Å². The van der Waals surface area contributed by atoms with Gasteiger partial charge in [0.05, 0.1) is 6.10 Å². The number of rotatable bonds is 4. The molecule has 0 aromatic rings. The van der Waals surface area contributed by atoms with Gasteiger partial charge in [-0.1, -0.05) is 13.8 Å². The Morgan fingerprint density at radius 2 is 1.88 bits per heavy atom. The molecule has 2 N–H and O–H groups in total. The molecule has 24 heavy (non-hydrogen) atoms. The van der Waals surface area contributed by atoms with Gasteiger partial charge in [-0.15, -0.1) is 0 Å². The van der Waals surface area contributed by atoms with E-state index in [1.807, 2.05) is 0 Å². The van der Waals surface area contributed by atoms with Crippen molar-refractivity contribution in [2.45, 2.75) is 64.9 Å². The van der Waals surface area contributed by atoms with Crippen LogP contribution in [-0.2, 0) is 8.98 Å². The van der Waals surface area contributed by atoms with Crippen molar-refractivity contribution in [3.05, 3.63) is 0 Å². The molecular weight excluding hydrogens is 324 g/mol. The Morgan fingerprint density at radius 3 is 2.50 bits per heavy atom. The zero-order chi connectivity index (χ0) is 17.5. The van der Waals surface area contributed by atoms with E-state index in [1.54, 1.807) is 0 Å². The summed E-state index contributed by atoms with van der Waals surface area (Å²) in [4.78, 5) is 12.4. The van der Waals surface area contributed by atoms with Crippen LogP contribution in [0.3, 0.4) is 0 Å². The summed E-state index contributed by atoms with van der Waals surface area (Å²) in [5.74, 6) is 1.39. The standard InChI is InChI=1S/C19H32O4S/c1-18(7-5-13(23-24)9-12(18)10-20)16-6-8-19(2)15(14(16)11-21)3-4-17(19)22/h12-16,20-21,24H,3-11H2,1-2H3/t12-,13+,14+,15+,16+,18+,19+/m1/s1. The summed E-state index contributed by atoms with van der Waals surface area (Å²) < 4.78 is 5.25. The summed E-state index contributed by atoms with van der Waals surface area (Å²) in [6.45, 7) is 4.71. The molecule has 0 amide bonds. The van der Waals surface area contributed by atoms with Crippen molar-refractivity contribution in [2.24, 2.45) is 34.5 Å². The van der Waals surface area contributed by atoms with E-state index in [4.69, 9.17) is 4.18 Å². The third-order valence-electron chi connectivity index (χ3n) is 8.06. The Labute approximate surface area is 151 Å². The molecule has 0 bridgehead atoms. The number of thiol groups is 1. The van der Waals surface area contributed by atoms with Gasteiger partial charge in [-0.05, 0) is 80.5 Å². The van der Waals surface area contributed by atoms with Gasteiger partial charge in [-0.25, -0.2) is 0 Å². The Hall–Kier alpha value is -0.100. The van der Waals surface area contributed by atoms with Gasteiger partial charge in [-0.3, -0.25) is 4.79 Å². The van der Waals surface area contributed by atoms with Crippen molar-refractivity contribution in [3.8, 4) is 0 Å². The molecule has 3 rings (SSSR count). The predicted octanol–water partition coefficient (Wildman–Crippen LogP) is 3.02. The number of ketones is 1. The van der Waals surface area contributed by atoms with Gasteiger partial charge in [0.25, 0.3) is 0 Å². The summed E-state index contributed by atoms with van der Waals surface area (Å²) in [7, 11) is 0. The minimum Gasteiger partial charge on any atom is -0.396 e. The number of hydrogen-bond donors (Lipinski definition) is 3. The minimum atomic E-state index is -0.236. The molecule has 3 saturated carbocycles. The molecule has 7 atom stereocenters. The molecule has 0 heterocycles. The van der Waals surface area contributed by atoms with Gasteiger partial charge in [0.1, 0.15) is 5.78 Å². The molecule has 3 aliphatic rings. The molecule has 4 nitrogen and oxygen atoms in total. The van der Waals surface area contributed by atoms with Crippen LogP contribution in [0.5, 0.6) is 0 Å². The molecule has 5 heteroatoms. The van der Waals surface area contributed by atoms with Crippen LogP contribution in [0.4, 0.5) is 0 Å². The average molecular weight is 357 g/mol. The van der Waals surface area contributed by atoms with Crippen LogP contribution in [-0.4, -0.2) is 35.3 Å². The highest BCUT2D eigenvalue weighted by Crippen LogP contribution is 2.61. The van der Waals surface area contributed by atoms with E-state index in [0.717, 1.165) is 38.5 Å². The zero-order valence-corrected chi connectivity index (χ0v) is 15.8. The van der Waals surface area contributed by atoms with Crippen molar-refractivity contribution >= 4 is 18.7 Å².